The van der Waals surface area contributed by atoms with Gasteiger partial charge >= 0.3 is 0 Å². The van der Waals surface area contributed by atoms with Crippen LogP contribution in [0.3, 0.4) is 0 Å². The van der Waals surface area contributed by atoms with Crippen LogP contribution >= 0.6 is 0 Å². The lowest BCUT2D eigenvalue weighted by atomic mass is 9.79. The van der Waals surface area contributed by atoms with Gasteiger partial charge in [-0.3, -0.25) is 20.4 Å². The van der Waals surface area contributed by atoms with Gasteiger partial charge in [0.2, 0.25) is 6.41 Å². The van der Waals surface area contributed by atoms with Crippen molar-refractivity contribution < 1.29 is 19.4 Å². The van der Waals surface area contributed by atoms with Crippen LogP contribution in [0.1, 0.15) is 36.2 Å². The van der Waals surface area contributed by atoms with Crippen LogP contribution in [0.4, 0.5) is 0 Å². The average molecular weight is 471 g/mol. The summed E-state index contributed by atoms with van der Waals surface area (Å²) in [6.07, 6.45) is 0.274. The third kappa shape index (κ3) is 3.16. The molecule has 12 nitrogen and oxygen atoms in total. The Hall–Kier alpha value is -3.54. The predicted octanol–water partition coefficient (Wildman–Crippen LogP) is -1.63. The minimum absolute atomic E-state index is 0.00129. The maximum Gasteiger partial charge on any atom is 0.255 e. The monoisotopic (exact) mass is 470 g/mol. The van der Waals surface area contributed by atoms with Gasteiger partial charge in [-0.15, -0.1) is 0 Å². The zero-order chi connectivity index (χ0) is 24.3. The van der Waals surface area contributed by atoms with Crippen LogP contribution in [0.15, 0.2) is 18.2 Å². The quantitative estimate of drug-likeness (QED) is 0.237. The molecule has 2 amide bonds. The van der Waals surface area contributed by atoms with Crippen LogP contribution in [0.2, 0.25) is 0 Å². The maximum absolute atomic E-state index is 13.4. The summed E-state index contributed by atoms with van der Waals surface area (Å²) < 4.78 is 5.88. The first-order chi connectivity index (χ1) is 16.2. The van der Waals surface area contributed by atoms with Crippen LogP contribution in [-0.2, 0) is 10.2 Å². The van der Waals surface area contributed by atoms with Gasteiger partial charge in [0.25, 0.3) is 5.91 Å². The number of nitrogens with one attached hydrogen (secondary N) is 7. The third-order valence-electron chi connectivity index (χ3n) is 7.45. The van der Waals surface area contributed by atoms with Gasteiger partial charge in [-0.2, -0.15) is 0 Å². The number of nitrogens with zero attached hydrogens (tertiary/aromatic N) is 1. The van der Waals surface area contributed by atoms with Gasteiger partial charge in [-0.25, -0.2) is 0 Å². The van der Waals surface area contributed by atoms with Crippen LogP contribution in [0.25, 0.3) is 0 Å². The molecule has 1 aromatic rings. The lowest BCUT2D eigenvalue weighted by molar-refractivity contribution is -0.109. The zero-order valence-electron chi connectivity index (χ0n) is 19.1. The van der Waals surface area contributed by atoms with E-state index in [2.05, 4.69) is 40.4 Å². The van der Waals surface area contributed by atoms with E-state index < -0.39 is 29.9 Å². The van der Waals surface area contributed by atoms with Crippen LogP contribution in [-0.4, -0.2) is 83.8 Å². The zero-order valence-corrected chi connectivity index (χ0v) is 19.1. The highest BCUT2D eigenvalue weighted by molar-refractivity contribution is 5.98. The van der Waals surface area contributed by atoms with Gasteiger partial charge in [0.05, 0.1) is 30.3 Å². The number of hydrogen-bond acceptors (Lipinski definition) is 6. The molecule has 34 heavy (non-hydrogen) atoms. The molecular formula is C22H30N8O4. The Morgan fingerprint density at radius 1 is 1.35 bits per heavy atom. The van der Waals surface area contributed by atoms with Crippen molar-refractivity contribution in [3.8, 4) is 5.75 Å². The van der Waals surface area contributed by atoms with Gasteiger partial charge in [0.1, 0.15) is 11.9 Å². The van der Waals surface area contributed by atoms with Crippen molar-refractivity contribution >= 4 is 24.2 Å². The molecule has 4 aliphatic heterocycles. The molecule has 4 heterocycles. The highest BCUT2D eigenvalue weighted by Gasteiger charge is 2.66. The molecule has 0 aromatic heterocycles. The van der Waals surface area contributed by atoms with E-state index in [1.54, 1.807) is 11.0 Å². The predicted molar refractivity (Wildman–Crippen MR) is 123 cm³/mol. The SMILES string of the molecule is CC1(C)CCOc2c(C(=O)NC3CN4C(=N)N[C@@H](CNC=O)C5NC(=N)NC54[C@@H]3O)cccc21. The second-order valence-electron chi connectivity index (χ2n) is 9.87. The lowest BCUT2D eigenvalue weighted by Gasteiger charge is -2.49. The number of guanidine groups is 2. The van der Waals surface area contributed by atoms with Crippen molar-refractivity contribution in [3.63, 3.8) is 0 Å². The number of ether oxygens (including phenoxy) is 1. The van der Waals surface area contributed by atoms with Crippen molar-refractivity contribution in [2.45, 2.75) is 55.6 Å². The van der Waals surface area contributed by atoms with Crippen molar-refractivity contribution in [2.75, 3.05) is 19.7 Å². The Labute approximate surface area is 196 Å². The van der Waals surface area contributed by atoms with E-state index in [9.17, 15) is 14.7 Å². The van der Waals surface area contributed by atoms with E-state index in [1.165, 1.54) is 0 Å². The number of benzene rings is 1. The molecule has 0 aliphatic carbocycles. The van der Waals surface area contributed by atoms with Gasteiger partial charge in [-0.05, 0) is 17.9 Å². The first-order valence-electron chi connectivity index (χ1n) is 11.4. The first-order valence-corrected chi connectivity index (χ1v) is 11.4. The molecule has 3 unspecified atom stereocenters. The normalized spacial score (nSPS) is 32.7. The fourth-order valence-electron chi connectivity index (χ4n) is 5.67. The molecule has 0 bridgehead atoms. The van der Waals surface area contributed by atoms with E-state index in [0.717, 1.165) is 12.0 Å². The summed E-state index contributed by atoms with van der Waals surface area (Å²) in [5.41, 5.74) is 0.0413. The average Bonchev–Trinajstić information content (AvgIpc) is 3.29. The first kappa shape index (κ1) is 22.3. The van der Waals surface area contributed by atoms with E-state index in [0.29, 0.717) is 24.3 Å². The molecule has 0 saturated carbocycles. The molecule has 0 radical (unpaired) electrons. The van der Waals surface area contributed by atoms with Crippen LogP contribution in [0, 0.1) is 10.8 Å². The smallest absolute Gasteiger partial charge is 0.255 e. The van der Waals surface area contributed by atoms with E-state index >= 15 is 0 Å². The summed E-state index contributed by atoms with van der Waals surface area (Å²) in [5.74, 6) is 0.234. The fraction of sp³-hybridized carbons (Fsp3) is 0.545. The standard InChI is InChI=1S/C22H30N8O4/c1-21(2)6-7-34-15-11(4-3-5-12(15)21)18(33)26-14-9-30-20(24)27-13(8-25-10-31)16-22(30,17(14)32)29-19(23)28-16/h3-5,10,13-14,16-17,32H,6-9H2,1-2H3,(H2,24,27)(H,25,31)(H,26,33)(H3,23,28,29)/t13-,14?,16?,17+,22?/m0/s1. The molecule has 8 N–H and O–H groups in total. The number of aliphatic hydroxyl groups excluding tert-OH is 1. The molecular weight excluding hydrogens is 440 g/mol. The lowest BCUT2D eigenvalue weighted by Crippen LogP contribution is -2.77. The summed E-state index contributed by atoms with van der Waals surface area (Å²) in [4.78, 5) is 25.8. The Balaban J connectivity index is 1.42. The second kappa shape index (κ2) is 7.76. The van der Waals surface area contributed by atoms with Crippen molar-refractivity contribution in [1.29, 1.82) is 10.8 Å². The minimum Gasteiger partial charge on any atom is -0.492 e. The molecule has 3 fully saturated rings. The number of para-hydroxylation sites is 1. The largest absolute Gasteiger partial charge is 0.492 e. The van der Waals surface area contributed by atoms with E-state index in [1.807, 2.05) is 12.1 Å². The number of carbonyl (C=O) groups excluding carboxylic acids is 2. The van der Waals surface area contributed by atoms with Crippen LogP contribution < -0.4 is 31.3 Å². The minimum atomic E-state index is -1.22. The van der Waals surface area contributed by atoms with E-state index in [-0.39, 0.29) is 36.3 Å². The van der Waals surface area contributed by atoms with Gasteiger partial charge in [-0.1, -0.05) is 26.0 Å². The molecule has 182 valence electrons. The molecule has 12 heteroatoms. The Bertz CT molecular complexity index is 1060. The van der Waals surface area contributed by atoms with Crippen LogP contribution in [0.5, 0.6) is 5.75 Å². The number of amides is 2. The number of aliphatic hydroxyl groups is 1. The van der Waals surface area contributed by atoms with Crippen molar-refractivity contribution in [2.24, 2.45) is 0 Å². The Morgan fingerprint density at radius 3 is 2.91 bits per heavy atom. The molecule has 4 aliphatic rings. The number of fused-ring (bicyclic) bond motifs is 1. The summed E-state index contributed by atoms with van der Waals surface area (Å²) >= 11 is 0. The van der Waals surface area contributed by atoms with Gasteiger partial charge < -0.3 is 41.3 Å². The molecule has 1 spiro atoms. The van der Waals surface area contributed by atoms with Gasteiger partial charge in [0.15, 0.2) is 17.6 Å². The Morgan fingerprint density at radius 2 is 2.15 bits per heavy atom. The third-order valence-corrected chi connectivity index (χ3v) is 7.45. The highest BCUT2D eigenvalue weighted by atomic mass is 16.5. The van der Waals surface area contributed by atoms with Gasteiger partial charge in [0, 0.05) is 18.7 Å². The maximum atomic E-state index is 13.4. The Kier molecular flexibility index (Phi) is 5.08. The molecule has 5 atom stereocenters. The van der Waals surface area contributed by atoms with Crippen molar-refractivity contribution in [1.82, 2.24) is 31.5 Å². The molecule has 5 rings (SSSR count). The number of hydrogen-bond donors (Lipinski definition) is 8. The highest BCUT2D eigenvalue weighted by Crippen LogP contribution is 2.41. The second-order valence-corrected chi connectivity index (χ2v) is 9.87. The fourth-order valence-corrected chi connectivity index (χ4v) is 5.67. The number of rotatable bonds is 5. The summed E-state index contributed by atoms with van der Waals surface area (Å²) in [6, 6.07) is 3.81. The summed E-state index contributed by atoms with van der Waals surface area (Å²) in [7, 11) is 0. The number of carbonyl (C=O) groups is 2. The molecule has 3 saturated heterocycles. The summed E-state index contributed by atoms with van der Waals surface area (Å²) in [5, 5.41) is 42.7. The topological polar surface area (TPSA) is 175 Å². The molecule has 1 aromatic carbocycles. The van der Waals surface area contributed by atoms with Crippen molar-refractivity contribution in [3.05, 3.63) is 29.3 Å². The van der Waals surface area contributed by atoms with E-state index in [4.69, 9.17) is 15.6 Å². The summed E-state index contributed by atoms with van der Waals surface area (Å²) in [6.45, 7) is 5.12.